The van der Waals surface area contributed by atoms with Gasteiger partial charge in [0, 0.05) is 18.3 Å². The van der Waals surface area contributed by atoms with Gasteiger partial charge in [0.05, 0.1) is 5.56 Å². The highest BCUT2D eigenvalue weighted by Gasteiger charge is 2.18. The van der Waals surface area contributed by atoms with Crippen molar-refractivity contribution in [1.29, 1.82) is 0 Å². The Morgan fingerprint density at radius 1 is 0.875 bits per heavy atom. The number of carbonyl (C=O) groups excluding carboxylic acids is 3. The quantitative estimate of drug-likeness (QED) is 0.828. The molecule has 24 heavy (non-hydrogen) atoms. The highest BCUT2D eigenvalue weighted by molar-refractivity contribution is 5.97. The first-order valence-electron chi connectivity index (χ1n) is 7.40. The van der Waals surface area contributed by atoms with E-state index in [-0.39, 0.29) is 5.91 Å². The number of rotatable bonds is 5. The van der Waals surface area contributed by atoms with Crippen LogP contribution in [0, 0.1) is 0 Å². The Labute approximate surface area is 139 Å². The van der Waals surface area contributed by atoms with E-state index in [0.717, 1.165) is 0 Å². The summed E-state index contributed by atoms with van der Waals surface area (Å²) < 4.78 is 5.14. The van der Waals surface area contributed by atoms with Crippen molar-refractivity contribution >= 4 is 29.2 Å². The van der Waals surface area contributed by atoms with Crippen LogP contribution < -0.4 is 10.6 Å². The monoisotopic (exact) mass is 326 g/mol. The van der Waals surface area contributed by atoms with Crippen molar-refractivity contribution in [3.8, 4) is 0 Å². The Kier molecular flexibility index (Phi) is 5.68. The second-order valence-electron chi connectivity index (χ2n) is 5.16. The van der Waals surface area contributed by atoms with E-state index in [1.165, 1.54) is 13.8 Å². The average Bonchev–Trinajstić information content (AvgIpc) is 2.56. The van der Waals surface area contributed by atoms with Gasteiger partial charge in [0.15, 0.2) is 6.10 Å². The Morgan fingerprint density at radius 2 is 1.42 bits per heavy atom. The smallest absolute Gasteiger partial charge is 0.338 e. The van der Waals surface area contributed by atoms with Crippen molar-refractivity contribution in [1.82, 2.24) is 0 Å². The molecule has 0 saturated carbocycles. The average molecular weight is 326 g/mol. The molecule has 0 aromatic heterocycles. The third-order valence-electron chi connectivity index (χ3n) is 3.14. The first kappa shape index (κ1) is 17.2. The third kappa shape index (κ3) is 4.95. The Morgan fingerprint density at radius 3 is 1.96 bits per heavy atom. The highest BCUT2D eigenvalue weighted by Crippen LogP contribution is 2.14. The van der Waals surface area contributed by atoms with Gasteiger partial charge in [-0.2, -0.15) is 0 Å². The van der Waals surface area contributed by atoms with Gasteiger partial charge in [0.1, 0.15) is 0 Å². The van der Waals surface area contributed by atoms with Gasteiger partial charge in [-0.05, 0) is 43.3 Å². The molecule has 0 bridgehead atoms. The molecule has 2 amide bonds. The lowest BCUT2D eigenvalue weighted by Gasteiger charge is -2.14. The largest absolute Gasteiger partial charge is 0.449 e. The van der Waals surface area contributed by atoms with E-state index >= 15 is 0 Å². The molecule has 0 spiro atoms. The summed E-state index contributed by atoms with van der Waals surface area (Å²) in [5.41, 5.74) is 1.55. The second-order valence-corrected chi connectivity index (χ2v) is 5.16. The van der Waals surface area contributed by atoms with E-state index < -0.39 is 18.0 Å². The highest BCUT2D eigenvalue weighted by atomic mass is 16.5. The van der Waals surface area contributed by atoms with Gasteiger partial charge < -0.3 is 15.4 Å². The maximum Gasteiger partial charge on any atom is 0.338 e. The molecule has 0 saturated heterocycles. The maximum atomic E-state index is 12.1. The number of hydrogen-bond acceptors (Lipinski definition) is 4. The lowest BCUT2D eigenvalue weighted by molar-refractivity contribution is -0.123. The van der Waals surface area contributed by atoms with Crippen LogP contribution in [0.25, 0.3) is 0 Å². The van der Waals surface area contributed by atoms with Gasteiger partial charge >= 0.3 is 5.97 Å². The van der Waals surface area contributed by atoms with Crippen LogP contribution in [-0.4, -0.2) is 23.9 Å². The lowest BCUT2D eigenvalue weighted by atomic mass is 10.2. The van der Waals surface area contributed by atoms with Gasteiger partial charge in [0.25, 0.3) is 5.91 Å². The molecule has 0 radical (unpaired) electrons. The zero-order valence-electron chi connectivity index (χ0n) is 13.4. The maximum absolute atomic E-state index is 12.1. The molecule has 2 N–H and O–H groups in total. The first-order valence-corrected chi connectivity index (χ1v) is 7.40. The number of esters is 1. The molecular formula is C18H18N2O4. The van der Waals surface area contributed by atoms with Crippen LogP contribution in [0.5, 0.6) is 0 Å². The summed E-state index contributed by atoms with van der Waals surface area (Å²) in [7, 11) is 0. The minimum atomic E-state index is -0.937. The first-order chi connectivity index (χ1) is 11.5. The minimum absolute atomic E-state index is 0.173. The second kappa shape index (κ2) is 7.92. The molecule has 0 fully saturated rings. The summed E-state index contributed by atoms with van der Waals surface area (Å²) in [6, 6.07) is 15.1. The van der Waals surface area contributed by atoms with Crippen molar-refractivity contribution < 1.29 is 19.1 Å². The summed E-state index contributed by atoms with van der Waals surface area (Å²) >= 11 is 0. The summed E-state index contributed by atoms with van der Waals surface area (Å²) in [5, 5.41) is 5.28. The van der Waals surface area contributed by atoms with E-state index in [0.29, 0.717) is 16.9 Å². The molecule has 1 atom stereocenters. The predicted molar refractivity (Wildman–Crippen MR) is 90.7 cm³/mol. The molecule has 0 heterocycles. The van der Waals surface area contributed by atoms with Crippen LogP contribution in [0.2, 0.25) is 0 Å². The Bertz CT molecular complexity index is 726. The predicted octanol–water partition coefficient (Wildman–Crippen LogP) is 2.83. The van der Waals surface area contributed by atoms with Gasteiger partial charge in [-0.3, -0.25) is 9.59 Å². The molecule has 2 aromatic carbocycles. The minimum Gasteiger partial charge on any atom is -0.449 e. The summed E-state index contributed by atoms with van der Waals surface area (Å²) in [5.74, 6) is -1.17. The standard InChI is InChI=1S/C18H18N2O4/c1-12(24-18(23)14-6-4-3-5-7-14)17(22)20-16-10-8-15(9-11-16)19-13(2)21/h3-12H,1-2H3,(H,19,21)(H,20,22). The molecule has 1 unspecified atom stereocenters. The van der Waals surface area contributed by atoms with Crippen LogP contribution in [0.15, 0.2) is 54.6 Å². The van der Waals surface area contributed by atoms with Gasteiger partial charge in [-0.15, -0.1) is 0 Å². The van der Waals surface area contributed by atoms with Crippen molar-refractivity contribution in [2.45, 2.75) is 20.0 Å². The summed E-state index contributed by atoms with van der Waals surface area (Å²) in [6.45, 7) is 2.92. The molecule has 124 valence electrons. The zero-order valence-corrected chi connectivity index (χ0v) is 13.4. The number of ether oxygens (including phenoxy) is 1. The van der Waals surface area contributed by atoms with Crippen LogP contribution in [0.4, 0.5) is 11.4 Å². The fraction of sp³-hybridized carbons (Fsp3) is 0.167. The van der Waals surface area contributed by atoms with Crippen molar-refractivity contribution in [2.75, 3.05) is 10.6 Å². The molecule has 6 nitrogen and oxygen atoms in total. The van der Waals surface area contributed by atoms with Gasteiger partial charge in [-0.1, -0.05) is 18.2 Å². The number of benzene rings is 2. The SMILES string of the molecule is CC(=O)Nc1ccc(NC(=O)C(C)OC(=O)c2ccccc2)cc1. The third-order valence-corrected chi connectivity index (χ3v) is 3.14. The van der Waals surface area contributed by atoms with E-state index in [4.69, 9.17) is 4.74 Å². The van der Waals surface area contributed by atoms with Crippen molar-refractivity contribution in [3.63, 3.8) is 0 Å². The molecule has 6 heteroatoms. The number of amides is 2. The summed E-state index contributed by atoms with van der Waals surface area (Å²) in [6.07, 6.45) is -0.937. The normalized spacial score (nSPS) is 11.2. The van der Waals surface area contributed by atoms with Crippen LogP contribution in [0.1, 0.15) is 24.2 Å². The number of nitrogens with one attached hydrogen (secondary N) is 2. The van der Waals surface area contributed by atoms with Gasteiger partial charge in [-0.25, -0.2) is 4.79 Å². The van der Waals surface area contributed by atoms with E-state index in [2.05, 4.69) is 10.6 Å². The molecule has 0 aliphatic rings. The zero-order chi connectivity index (χ0) is 17.5. The van der Waals surface area contributed by atoms with E-state index in [9.17, 15) is 14.4 Å². The number of anilines is 2. The number of hydrogen-bond donors (Lipinski definition) is 2. The lowest BCUT2D eigenvalue weighted by Crippen LogP contribution is -2.30. The molecule has 0 aliphatic carbocycles. The molecule has 2 aromatic rings. The van der Waals surface area contributed by atoms with Crippen molar-refractivity contribution in [3.05, 3.63) is 60.2 Å². The fourth-order valence-corrected chi connectivity index (χ4v) is 1.94. The molecular weight excluding hydrogens is 308 g/mol. The van der Waals surface area contributed by atoms with Crippen LogP contribution >= 0.6 is 0 Å². The molecule has 2 rings (SSSR count). The Balaban J connectivity index is 1.91. The van der Waals surface area contributed by atoms with Gasteiger partial charge in [0.2, 0.25) is 5.91 Å². The van der Waals surface area contributed by atoms with Crippen LogP contribution in [-0.2, 0) is 14.3 Å². The van der Waals surface area contributed by atoms with E-state index in [1.54, 1.807) is 54.6 Å². The molecule has 0 aliphatic heterocycles. The summed E-state index contributed by atoms with van der Waals surface area (Å²) in [4.78, 5) is 35.0. The topological polar surface area (TPSA) is 84.5 Å². The fourth-order valence-electron chi connectivity index (χ4n) is 1.94. The number of carbonyl (C=O) groups is 3. The van der Waals surface area contributed by atoms with Crippen molar-refractivity contribution in [2.24, 2.45) is 0 Å². The van der Waals surface area contributed by atoms with E-state index in [1.807, 2.05) is 0 Å². The Hall–Kier alpha value is -3.15. The van der Waals surface area contributed by atoms with Crippen LogP contribution in [0.3, 0.4) is 0 Å².